The van der Waals surface area contributed by atoms with Crippen molar-refractivity contribution in [3.05, 3.63) is 64.1 Å². The molecule has 0 atom stereocenters. The molecule has 2 rings (SSSR count). The quantitative estimate of drug-likeness (QED) is 0.777. The standard InChI is InChI=1S/C15H13BrO4S/c1-21(18,19)14-5-3-2-4-13(14)15(17)20-10-11-6-8-12(16)9-7-11/h2-9H,10H2,1H3. The van der Waals surface area contributed by atoms with Gasteiger partial charge in [-0.2, -0.15) is 0 Å². The van der Waals surface area contributed by atoms with Crippen LogP contribution in [0, 0.1) is 0 Å². The summed E-state index contributed by atoms with van der Waals surface area (Å²) in [6.45, 7) is 0.0875. The number of rotatable bonds is 4. The maximum atomic E-state index is 12.1. The first-order valence-electron chi connectivity index (χ1n) is 6.08. The van der Waals surface area contributed by atoms with E-state index >= 15 is 0 Å². The zero-order valence-electron chi connectivity index (χ0n) is 11.2. The molecule has 0 radical (unpaired) electrons. The first kappa shape index (κ1) is 15.7. The van der Waals surface area contributed by atoms with E-state index in [4.69, 9.17) is 4.74 Å². The second kappa shape index (κ2) is 6.41. The minimum absolute atomic E-state index is 0.0224. The highest BCUT2D eigenvalue weighted by atomic mass is 79.9. The van der Waals surface area contributed by atoms with Gasteiger partial charge in [0, 0.05) is 10.7 Å². The summed E-state index contributed by atoms with van der Waals surface area (Å²) in [4.78, 5) is 12.0. The molecule has 0 saturated heterocycles. The molecule has 2 aromatic rings. The molecule has 0 aromatic heterocycles. The number of benzene rings is 2. The first-order chi connectivity index (χ1) is 9.88. The highest BCUT2D eigenvalue weighted by Crippen LogP contribution is 2.17. The number of hydrogen-bond acceptors (Lipinski definition) is 4. The van der Waals surface area contributed by atoms with Crippen LogP contribution in [0.25, 0.3) is 0 Å². The monoisotopic (exact) mass is 368 g/mol. The van der Waals surface area contributed by atoms with E-state index in [-0.39, 0.29) is 17.1 Å². The molecule has 0 bridgehead atoms. The van der Waals surface area contributed by atoms with Crippen molar-refractivity contribution in [3.8, 4) is 0 Å². The fourth-order valence-corrected chi connectivity index (χ4v) is 2.91. The van der Waals surface area contributed by atoms with Gasteiger partial charge in [-0.1, -0.05) is 40.2 Å². The predicted molar refractivity (Wildman–Crippen MR) is 82.8 cm³/mol. The van der Waals surface area contributed by atoms with Crippen LogP contribution in [0.15, 0.2) is 57.9 Å². The Hall–Kier alpha value is -1.66. The Kier molecular flexibility index (Phi) is 4.80. The van der Waals surface area contributed by atoms with Gasteiger partial charge in [-0.15, -0.1) is 0 Å². The van der Waals surface area contributed by atoms with Crippen LogP contribution in [-0.2, 0) is 21.2 Å². The van der Waals surface area contributed by atoms with E-state index in [0.29, 0.717) is 0 Å². The Labute approximate surface area is 131 Å². The van der Waals surface area contributed by atoms with Crippen molar-refractivity contribution in [2.45, 2.75) is 11.5 Å². The maximum Gasteiger partial charge on any atom is 0.339 e. The zero-order chi connectivity index (χ0) is 15.5. The molecule has 6 heteroatoms. The Balaban J connectivity index is 2.16. The number of carbonyl (C=O) groups is 1. The molecule has 110 valence electrons. The first-order valence-corrected chi connectivity index (χ1v) is 8.77. The second-order valence-corrected chi connectivity index (χ2v) is 7.37. The topological polar surface area (TPSA) is 60.4 Å². The van der Waals surface area contributed by atoms with Crippen molar-refractivity contribution in [2.75, 3.05) is 6.26 Å². The van der Waals surface area contributed by atoms with Gasteiger partial charge in [0.05, 0.1) is 10.5 Å². The SMILES string of the molecule is CS(=O)(=O)c1ccccc1C(=O)OCc1ccc(Br)cc1. The van der Waals surface area contributed by atoms with Gasteiger partial charge in [-0.05, 0) is 29.8 Å². The van der Waals surface area contributed by atoms with Gasteiger partial charge >= 0.3 is 5.97 Å². The zero-order valence-corrected chi connectivity index (χ0v) is 13.6. The van der Waals surface area contributed by atoms with Crippen LogP contribution in [0.2, 0.25) is 0 Å². The van der Waals surface area contributed by atoms with Gasteiger partial charge in [0.2, 0.25) is 0 Å². The van der Waals surface area contributed by atoms with Gasteiger partial charge in [-0.3, -0.25) is 0 Å². The summed E-state index contributed by atoms with van der Waals surface area (Å²) in [7, 11) is -3.47. The molecule has 0 aliphatic carbocycles. The lowest BCUT2D eigenvalue weighted by molar-refractivity contribution is 0.0468. The normalized spacial score (nSPS) is 11.1. The van der Waals surface area contributed by atoms with Crippen LogP contribution in [-0.4, -0.2) is 20.6 Å². The van der Waals surface area contributed by atoms with Crippen LogP contribution in [0.4, 0.5) is 0 Å². The molecule has 21 heavy (non-hydrogen) atoms. The lowest BCUT2D eigenvalue weighted by Gasteiger charge is -2.08. The fourth-order valence-electron chi connectivity index (χ4n) is 1.77. The lowest BCUT2D eigenvalue weighted by atomic mass is 10.2. The smallest absolute Gasteiger partial charge is 0.339 e. The number of hydrogen-bond donors (Lipinski definition) is 0. The summed E-state index contributed by atoms with van der Waals surface area (Å²) < 4.78 is 29.4. The summed E-state index contributed by atoms with van der Waals surface area (Å²) in [5.41, 5.74) is 0.875. The molecule has 0 aliphatic rings. The van der Waals surface area contributed by atoms with Crippen LogP contribution in [0.3, 0.4) is 0 Å². The van der Waals surface area contributed by atoms with Gasteiger partial charge < -0.3 is 4.74 Å². The van der Waals surface area contributed by atoms with Crippen LogP contribution in [0.1, 0.15) is 15.9 Å². The van der Waals surface area contributed by atoms with Crippen LogP contribution in [0.5, 0.6) is 0 Å². The molecule has 0 aliphatic heterocycles. The minimum atomic E-state index is -3.47. The molecular weight excluding hydrogens is 356 g/mol. The molecule has 0 amide bonds. The van der Waals surface area contributed by atoms with E-state index in [1.54, 1.807) is 12.1 Å². The van der Waals surface area contributed by atoms with Gasteiger partial charge in [-0.25, -0.2) is 13.2 Å². The van der Waals surface area contributed by atoms with Crippen molar-refractivity contribution in [1.29, 1.82) is 0 Å². The van der Waals surface area contributed by atoms with Crippen molar-refractivity contribution >= 4 is 31.7 Å². The van der Waals surface area contributed by atoms with E-state index in [0.717, 1.165) is 16.3 Å². The van der Waals surface area contributed by atoms with Crippen molar-refractivity contribution in [2.24, 2.45) is 0 Å². The van der Waals surface area contributed by atoms with Crippen molar-refractivity contribution in [1.82, 2.24) is 0 Å². The molecule has 0 fully saturated rings. The maximum absolute atomic E-state index is 12.1. The van der Waals surface area contributed by atoms with E-state index in [9.17, 15) is 13.2 Å². The third-order valence-corrected chi connectivity index (χ3v) is 4.47. The Bertz CT molecular complexity index is 751. The number of esters is 1. The van der Waals surface area contributed by atoms with E-state index in [1.165, 1.54) is 12.1 Å². The highest BCUT2D eigenvalue weighted by molar-refractivity contribution is 9.10. The second-order valence-electron chi connectivity index (χ2n) is 4.47. The Morgan fingerprint density at radius 2 is 1.71 bits per heavy atom. The molecule has 4 nitrogen and oxygen atoms in total. The minimum Gasteiger partial charge on any atom is -0.457 e. The molecule has 0 heterocycles. The average Bonchev–Trinajstić information content (AvgIpc) is 2.45. The van der Waals surface area contributed by atoms with Crippen molar-refractivity contribution < 1.29 is 17.9 Å². The Morgan fingerprint density at radius 3 is 2.33 bits per heavy atom. The average molecular weight is 369 g/mol. The van der Waals surface area contributed by atoms with Gasteiger partial charge in [0.25, 0.3) is 0 Å². The Morgan fingerprint density at radius 1 is 1.10 bits per heavy atom. The summed E-state index contributed by atoms with van der Waals surface area (Å²) in [5.74, 6) is -0.654. The lowest BCUT2D eigenvalue weighted by Crippen LogP contribution is -2.11. The summed E-state index contributed by atoms with van der Waals surface area (Å²) in [5, 5.41) is 0. The van der Waals surface area contributed by atoms with Crippen molar-refractivity contribution in [3.63, 3.8) is 0 Å². The van der Waals surface area contributed by atoms with Gasteiger partial charge in [0.15, 0.2) is 9.84 Å². The third kappa shape index (κ3) is 4.15. The highest BCUT2D eigenvalue weighted by Gasteiger charge is 2.19. The number of carbonyl (C=O) groups excluding carboxylic acids is 1. The summed E-state index contributed by atoms with van der Waals surface area (Å²) in [6.07, 6.45) is 1.06. The van der Waals surface area contributed by atoms with Gasteiger partial charge in [0.1, 0.15) is 6.61 Å². The summed E-state index contributed by atoms with van der Waals surface area (Å²) >= 11 is 3.32. The molecule has 0 N–H and O–H groups in total. The van der Waals surface area contributed by atoms with Crippen LogP contribution >= 0.6 is 15.9 Å². The molecule has 0 unspecified atom stereocenters. The predicted octanol–water partition coefficient (Wildman–Crippen LogP) is 3.21. The molecule has 0 spiro atoms. The van der Waals surface area contributed by atoms with E-state index in [1.807, 2.05) is 24.3 Å². The van der Waals surface area contributed by atoms with E-state index in [2.05, 4.69) is 15.9 Å². The number of ether oxygens (including phenoxy) is 1. The molecule has 0 saturated carbocycles. The molecular formula is C15H13BrO4S. The largest absolute Gasteiger partial charge is 0.457 e. The molecule has 2 aromatic carbocycles. The number of sulfone groups is 1. The fraction of sp³-hybridized carbons (Fsp3) is 0.133. The van der Waals surface area contributed by atoms with E-state index < -0.39 is 15.8 Å². The third-order valence-electron chi connectivity index (χ3n) is 2.79. The summed E-state index contributed by atoms with van der Waals surface area (Å²) in [6, 6.07) is 13.3. The van der Waals surface area contributed by atoms with Crippen LogP contribution < -0.4 is 0 Å². The number of halogens is 1.